The Kier molecular flexibility index (Phi) is 3.88. The third kappa shape index (κ3) is 2.78. The van der Waals surface area contributed by atoms with Crippen molar-refractivity contribution < 1.29 is 9.59 Å². The van der Waals surface area contributed by atoms with Crippen LogP contribution in [0, 0.1) is 0 Å². The molecule has 0 heterocycles. The minimum atomic E-state index is -0.696. The summed E-state index contributed by atoms with van der Waals surface area (Å²) >= 11 is 11.2. The fourth-order valence-electron chi connectivity index (χ4n) is 1.72. The normalized spacial score (nSPS) is 10.2. The van der Waals surface area contributed by atoms with Crippen LogP contribution in [0.1, 0.15) is 26.3 Å². The van der Waals surface area contributed by atoms with Gasteiger partial charge in [-0.3, -0.25) is 9.59 Å². The van der Waals surface area contributed by atoms with E-state index in [1.165, 1.54) is 6.07 Å². The maximum atomic E-state index is 12.3. The number of carbonyl (C=O) groups excluding carboxylic acids is 2. The van der Waals surface area contributed by atoms with Gasteiger partial charge in [-0.05, 0) is 35.9 Å². The summed E-state index contributed by atoms with van der Waals surface area (Å²) in [6, 6.07) is 11.1. The van der Waals surface area contributed by atoms with Crippen LogP contribution >= 0.6 is 23.2 Å². The molecule has 2 aromatic carbocycles. The van der Waals surface area contributed by atoms with Gasteiger partial charge in [-0.2, -0.15) is 0 Å². The average molecular weight is 294 g/mol. The van der Waals surface area contributed by atoms with E-state index in [2.05, 4.69) is 0 Å². The smallest absolute Gasteiger partial charge is 0.254 e. The maximum absolute atomic E-state index is 12.3. The lowest BCUT2D eigenvalue weighted by Crippen LogP contribution is -2.08. The zero-order chi connectivity index (χ0) is 14.0. The van der Waals surface area contributed by atoms with Gasteiger partial charge in [-0.15, -0.1) is 0 Å². The molecule has 96 valence electrons. The second-order valence-corrected chi connectivity index (χ2v) is 4.66. The van der Waals surface area contributed by atoms with E-state index in [9.17, 15) is 9.59 Å². The standard InChI is InChI=1S/C14H9Cl2NO2/c15-9-4-1-3-8(7-9)13(18)10-5-2-6-11(12(10)17)14(16)19/h1-7H,17H2. The van der Waals surface area contributed by atoms with Crippen molar-refractivity contribution in [1.82, 2.24) is 0 Å². The molecule has 0 radical (unpaired) electrons. The second kappa shape index (κ2) is 5.43. The molecule has 0 bridgehead atoms. The zero-order valence-corrected chi connectivity index (χ0v) is 11.2. The Labute approximate surface area is 119 Å². The highest BCUT2D eigenvalue weighted by Gasteiger charge is 2.17. The Bertz CT molecular complexity index is 668. The van der Waals surface area contributed by atoms with Crippen LogP contribution in [0.25, 0.3) is 0 Å². The SMILES string of the molecule is Nc1c(C(=O)Cl)cccc1C(=O)c1cccc(Cl)c1. The summed E-state index contributed by atoms with van der Waals surface area (Å²) in [5.74, 6) is -0.306. The Morgan fingerprint density at radius 3 is 2.26 bits per heavy atom. The van der Waals surface area contributed by atoms with E-state index < -0.39 is 5.24 Å². The van der Waals surface area contributed by atoms with Crippen LogP contribution < -0.4 is 5.73 Å². The first-order valence-corrected chi connectivity index (χ1v) is 6.15. The molecule has 5 heteroatoms. The van der Waals surface area contributed by atoms with Crippen molar-refractivity contribution in [2.45, 2.75) is 0 Å². The molecule has 2 aromatic rings. The van der Waals surface area contributed by atoms with Crippen LogP contribution in [0.5, 0.6) is 0 Å². The van der Waals surface area contributed by atoms with E-state index in [1.807, 2.05) is 0 Å². The Balaban J connectivity index is 2.51. The first kappa shape index (κ1) is 13.6. The molecule has 2 N–H and O–H groups in total. The van der Waals surface area contributed by atoms with Gasteiger partial charge < -0.3 is 5.73 Å². The van der Waals surface area contributed by atoms with E-state index in [1.54, 1.807) is 36.4 Å². The van der Waals surface area contributed by atoms with Crippen LogP contribution in [0.15, 0.2) is 42.5 Å². The maximum Gasteiger partial charge on any atom is 0.254 e. The van der Waals surface area contributed by atoms with Crippen LogP contribution in [-0.4, -0.2) is 11.0 Å². The number of anilines is 1. The van der Waals surface area contributed by atoms with Crippen molar-refractivity contribution in [3.63, 3.8) is 0 Å². The second-order valence-electron chi connectivity index (χ2n) is 3.88. The van der Waals surface area contributed by atoms with E-state index in [4.69, 9.17) is 28.9 Å². The molecule has 0 atom stereocenters. The third-order valence-electron chi connectivity index (χ3n) is 2.65. The highest BCUT2D eigenvalue weighted by atomic mass is 35.5. The molecular formula is C14H9Cl2NO2. The molecule has 19 heavy (non-hydrogen) atoms. The number of hydrogen-bond acceptors (Lipinski definition) is 3. The van der Waals surface area contributed by atoms with Gasteiger partial charge >= 0.3 is 0 Å². The third-order valence-corrected chi connectivity index (χ3v) is 3.09. The molecule has 0 fully saturated rings. The Hall–Kier alpha value is -1.84. The van der Waals surface area contributed by atoms with Gasteiger partial charge in [0.2, 0.25) is 0 Å². The predicted octanol–water partition coefficient (Wildman–Crippen LogP) is 3.53. The van der Waals surface area contributed by atoms with E-state index in [0.717, 1.165) is 0 Å². The van der Waals surface area contributed by atoms with Crippen molar-refractivity contribution in [2.24, 2.45) is 0 Å². The Morgan fingerprint density at radius 1 is 1.00 bits per heavy atom. The lowest BCUT2D eigenvalue weighted by molar-refractivity contribution is 0.103. The number of nitrogens with two attached hydrogens (primary N) is 1. The lowest BCUT2D eigenvalue weighted by atomic mass is 9.99. The molecule has 0 spiro atoms. The molecule has 0 amide bonds. The van der Waals surface area contributed by atoms with Gasteiger partial charge in [0.1, 0.15) is 0 Å². The molecule has 0 aliphatic carbocycles. The van der Waals surface area contributed by atoms with Crippen LogP contribution in [0.3, 0.4) is 0 Å². The molecular weight excluding hydrogens is 285 g/mol. The highest BCUT2D eigenvalue weighted by molar-refractivity contribution is 6.68. The summed E-state index contributed by atoms with van der Waals surface area (Å²) < 4.78 is 0. The van der Waals surface area contributed by atoms with Crippen molar-refractivity contribution >= 4 is 39.9 Å². The van der Waals surface area contributed by atoms with Crippen molar-refractivity contribution in [2.75, 3.05) is 5.73 Å². The Morgan fingerprint density at radius 2 is 1.63 bits per heavy atom. The predicted molar refractivity (Wildman–Crippen MR) is 75.9 cm³/mol. The average Bonchev–Trinajstić information content (AvgIpc) is 2.38. The van der Waals surface area contributed by atoms with Gasteiger partial charge in [0, 0.05) is 16.1 Å². The summed E-state index contributed by atoms with van der Waals surface area (Å²) in [6.45, 7) is 0. The lowest BCUT2D eigenvalue weighted by Gasteiger charge is -2.07. The first-order valence-electron chi connectivity index (χ1n) is 5.39. The molecule has 0 saturated carbocycles. The largest absolute Gasteiger partial charge is 0.398 e. The van der Waals surface area contributed by atoms with Gasteiger partial charge in [0.25, 0.3) is 5.24 Å². The van der Waals surface area contributed by atoms with Crippen LogP contribution in [-0.2, 0) is 0 Å². The van der Waals surface area contributed by atoms with E-state index in [-0.39, 0.29) is 22.6 Å². The fraction of sp³-hybridized carbons (Fsp3) is 0. The molecule has 0 aromatic heterocycles. The van der Waals surface area contributed by atoms with Crippen LogP contribution in [0.2, 0.25) is 5.02 Å². The summed E-state index contributed by atoms with van der Waals surface area (Å²) in [7, 11) is 0. The number of carbonyl (C=O) groups is 2. The first-order chi connectivity index (χ1) is 9.00. The molecule has 2 rings (SSSR count). The molecule has 0 unspecified atom stereocenters. The summed E-state index contributed by atoms with van der Waals surface area (Å²) in [6.07, 6.45) is 0. The number of para-hydroxylation sites is 1. The molecule has 0 saturated heterocycles. The molecule has 0 aliphatic heterocycles. The quantitative estimate of drug-likeness (QED) is 0.535. The highest BCUT2D eigenvalue weighted by Crippen LogP contribution is 2.23. The topological polar surface area (TPSA) is 60.2 Å². The summed E-state index contributed by atoms with van der Waals surface area (Å²) in [5, 5.41) is -0.243. The number of rotatable bonds is 3. The van der Waals surface area contributed by atoms with Crippen molar-refractivity contribution in [3.8, 4) is 0 Å². The number of halogens is 2. The van der Waals surface area contributed by atoms with E-state index >= 15 is 0 Å². The minimum absolute atomic E-state index is 0.0764. The van der Waals surface area contributed by atoms with Gasteiger partial charge in [-0.25, -0.2) is 0 Å². The summed E-state index contributed by atoms with van der Waals surface area (Å²) in [5.41, 5.74) is 6.63. The van der Waals surface area contributed by atoms with E-state index in [0.29, 0.717) is 10.6 Å². The molecule has 0 aliphatic rings. The van der Waals surface area contributed by atoms with Crippen LogP contribution in [0.4, 0.5) is 5.69 Å². The zero-order valence-electron chi connectivity index (χ0n) is 9.69. The number of benzene rings is 2. The number of nitrogen functional groups attached to an aromatic ring is 1. The van der Waals surface area contributed by atoms with Gasteiger partial charge in [0.15, 0.2) is 5.78 Å². The number of ketones is 1. The van der Waals surface area contributed by atoms with Gasteiger partial charge in [0.05, 0.1) is 11.3 Å². The number of hydrogen-bond donors (Lipinski definition) is 1. The van der Waals surface area contributed by atoms with Gasteiger partial charge in [-0.1, -0.05) is 29.8 Å². The summed E-state index contributed by atoms with van der Waals surface area (Å²) in [4.78, 5) is 23.5. The molecule has 3 nitrogen and oxygen atoms in total. The minimum Gasteiger partial charge on any atom is -0.398 e. The monoisotopic (exact) mass is 293 g/mol. The fourth-order valence-corrected chi connectivity index (χ4v) is 2.07. The van der Waals surface area contributed by atoms with Crippen molar-refractivity contribution in [1.29, 1.82) is 0 Å². The van der Waals surface area contributed by atoms with Crippen molar-refractivity contribution in [3.05, 3.63) is 64.2 Å².